The smallest absolute Gasteiger partial charge is 0.282 e. The SMILES string of the molecule is O=C1CCN(S(=O)(=O)N2CCC[C@H]2c2ccco2)CCN1. The van der Waals surface area contributed by atoms with E-state index in [9.17, 15) is 13.2 Å². The summed E-state index contributed by atoms with van der Waals surface area (Å²) in [6.07, 6.45) is 3.35. The van der Waals surface area contributed by atoms with Gasteiger partial charge in [0, 0.05) is 32.6 Å². The Morgan fingerprint density at radius 2 is 2.14 bits per heavy atom. The molecule has 116 valence electrons. The van der Waals surface area contributed by atoms with Gasteiger partial charge in [0.05, 0.1) is 12.3 Å². The van der Waals surface area contributed by atoms with Gasteiger partial charge in [-0.25, -0.2) is 0 Å². The van der Waals surface area contributed by atoms with Crippen molar-refractivity contribution in [1.29, 1.82) is 0 Å². The minimum atomic E-state index is -3.57. The summed E-state index contributed by atoms with van der Waals surface area (Å²) in [6, 6.07) is 3.34. The standard InChI is InChI=1S/C13H19N3O4S/c17-13-5-8-15(9-6-14-13)21(18,19)16-7-1-3-11(16)12-4-2-10-20-12/h2,4,10-11H,1,3,5-9H2,(H,14,17)/t11-/m0/s1. The second-order valence-corrected chi connectivity index (χ2v) is 7.17. The highest BCUT2D eigenvalue weighted by Gasteiger charge is 2.40. The maximum atomic E-state index is 12.8. The Morgan fingerprint density at radius 1 is 1.29 bits per heavy atom. The lowest BCUT2D eigenvalue weighted by molar-refractivity contribution is -0.120. The molecule has 0 unspecified atom stereocenters. The Kier molecular flexibility index (Phi) is 4.01. The molecule has 8 heteroatoms. The molecule has 21 heavy (non-hydrogen) atoms. The molecule has 0 saturated carbocycles. The molecule has 1 atom stereocenters. The fourth-order valence-corrected chi connectivity index (χ4v) is 4.74. The van der Waals surface area contributed by atoms with Crippen molar-refractivity contribution < 1.29 is 17.6 Å². The normalized spacial score (nSPS) is 25.7. The highest BCUT2D eigenvalue weighted by atomic mass is 32.2. The van der Waals surface area contributed by atoms with Crippen molar-refractivity contribution in [3.63, 3.8) is 0 Å². The van der Waals surface area contributed by atoms with E-state index in [2.05, 4.69) is 5.32 Å². The van der Waals surface area contributed by atoms with E-state index in [1.807, 2.05) is 6.07 Å². The predicted octanol–water partition coefficient (Wildman–Crippen LogP) is 0.483. The first-order valence-electron chi connectivity index (χ1n) is 7.16. The first kappa shape index (κ1) is 14.6. The van der Waals surface area contributed by atoms with Crippen LogP contribution in [0.2, 0.25) is 0 Å². The van der Waals surface area contributed by atoms with Gasteiger partial charge in [-0.15, -0.1) is 0 Å². The molecule has 3 heterocycles. The van der Waals surface area contributed by atoms with Crippen LogP contribution in [0.4, 0.5) is 0 Å². The van der Waals surface area contributed by atoms with E-state index < -0.39 is 10.2 Å². The van der Waals surface area contributed by atoms with E-state index in [1.165, 1.54) is 8.61 Å². The first-order valence-corrected chi connectivity index (χ1v) is 8.56. The van der Waals surface area contributed by atoms with E-state index in [4.69, 9.17) is 4.42 Å². The molecule has 3 rings (SSSR count). The zero-order valence-electron chi connectivity index (χ0n) is 11.7. The van der Waals surface area contributed by atoms with Gasteiger partial charge >= 0.3 is 0 Å². The lowest BCUT2D eigenvalue weighted by Gasteiger charge is -2.29. The van der Waals surface area contributed by atoms with Crippen molar-refractivity contribution >= 4 is 16.1 Å². The lowest BCUT2D eigenvalue weighted by atomic mass is 10.2. The molecule has 1 N–H and O–H groups in total. The molecule has 2 aliphatic heterocycles. The molecular weight excluding hydrogens is 294 g/mol. The second-order valence-electron chi connectivity index (χ2n) is 5.29. The van der Waals surface area contributed by atoms with Crippen LogP contribution in [-0.4, -0.2) is 49.1 Å². The molecule has 0 aliphatic carbocycles. The summed E-state index contributed by atoms with van der Waals surface area (Å²) in [6.45, 7) is 1.40. The summed E-state index contributed by atoms with van der Waals surface area (Å²) >= 11 is 0. The van der Waals surface area contributed by atoms with Crippen molar-refractivity contribution in [2.75, 3.05) is 26.2 Å². The van der Waals surface area contributed by atoms with Crippen molar-refractivity contribution in [3.8, 4) is 0 Å². The average molecular weight is 313 g/mol. The van der Waals surface area contributed by atoms with Crippen molar-refractivity contribution in [1.82, 2.24) is 13.9 Å². The van der Waals surface area contributed by atoms with E-state index in [0.717, 1.165) is 12.8 Å². The number of amides is 1. The number of nitrogens with one attached hydrogen (secondary N) is 1. The number of carbonyl (C=O) groups excluding carboxylic acids is 1. The molecule has 0 aromatic carbocycles. The maximum absolute atomic E-state index is 12.8. The topological polar surface area (TPSA) is 82.9 Å². The number of nitrogens with zero attached hydrogens (tertiary/aromatic N) is 2. The van der Waals surface area contributed by atoms with Gasteiger partial charge in [0.25, 0.3) is 10.2 Å². The van der Waals surface area contributed by atoms with Crippen molar-refractivity contribution in [2.24, 2.45) is 0 Å². The molecule has 0 radical (unpaired) electrons. The van der Waals surface area contributed by atoms with Gasteiger partial charge < -0.3 is 9.73 Å². The molecule has 2 aliphatic rings. The van der Waals surface area contributed by atoms with Crippen LogP contribution in [0.5, 0.6) is 0 Å². The third kappa shape index (κ3) is 2.83. The first-order chi connectivity index (χ1) is 10.1. The van der Waals surface area contributed by atoms with Gasteiger partial charge in [0.15, 0.2) is 0 Å². The molecule has 1 aromatic heterocycles. The Labute approximate surface area is 124 Å². The van der Waals surface area contributed by atoms with Crippen LogP contribution in [0.15, 0.2) is 22.8 Å². The quantitative estimate of drug-likeness (QED) is 0.880. The molecule has 7 nitrogen and oxygen atoms in total. The van der Waals surface area contributed by atoms with E-state index >= 15 is 0 Å². The van der Waals surface area contributed by atoms with Crippen LogP contribution in [0.3, 0.4) is 0 Å². The van der Waals surface area contributed by atoms with Gasteiger partial charge in [-0.1, -0.05) is 0 Å². The summed E-state index contributed by atoms with van der Waals surface area (Å²) in [4.78, 5) is 11.4. The summed E-state index contributed by atoms with van der Waals surface area (Å²) in [5.41, 5.74) is 0. The summed E-state index contributed by atoms with van der Waals surface area (Å²) < 4.78 is 33.9. The van der Waals surface area contributed by atoms with Crippen LogP contribution in [0, 0.1) is 0 Å². The van der Waals surface area contributed by atoms with E-state index in [-0.39, 0.29) is 24.9 Å². The van der Waals surface area contributed by atoms with Gasteiger partial charge in [-0.05, 0) is 25.0 Å². The number of rotatable bonds is 3. The fraction of sp³-hybridized carbons (Fsp3) is 0.615. The highest BCUT2D eigenvalue weighted by molar-refractivity contribution is 7.86. The molecule has 2 saturated heterocycles. The predicted molar refractivity (Wildman–Crippen MR) is 75.5 cm³/mol. The third-order valence-electron chi connectivity index (χ3n) is 3.97. The maximum Gasteiger partial charge on any atom is 0.282 e. The van der Waals surface area contributed by atoms with Crippen LogP contribution in [0.25, 0.3) is 0 Å². The third-order valence-corrected chi connectivity index (χ3v) is 6.02. The number of hydrogen-bond acceptors (Lipinski definition) is 4. The van der Waals surface area contributed by atoms with Gasteiger partial charge in [-0.2, -0.15) is 17.0 Å². The van der Waals surface area contributed by atoms with Crippen LogP contribution < -0.4 is 5.32 Å². The minimum Gasteiger partial charge on any atom is -0.468 e. The second kappa shape index (κ2) is 5.78. The van der Waals surface area contributed by atoms with Gasteiger partial charge in [-0.3, -0.25) is 4.79 Å². The number of furan rings is 1. The molecule has 0 bridgehead atoms. The van der Waals surface area contributed by atoms with Gasteiger partial charge in [0.2, 0.25) is 5.91 Å². The van der Waals surface area contributed by atoms with Crippen LogP contribution in [0.1, 0.15) is 31.1 Å². The van der Waals surface area contributed by atoms with E-state index in [0.29, 0.717) is 25.4 Å². The largest absolute Gasteiger partial charge is 0.468 e. The lowest BCUT2D eigenvalue weighted by Crippen LogP contribution is -2.44. The molecule has 0 spiro atoms. The molecule has 1 amide bonds. The average Bonchev–Trinajstić information content (AvgIpc) is 3.08. The molecule has 1 aromatic rings. The number of hydrogen-bond donors (Lipinski definition) is 1. The highest BCUT2D eigenvalue weighted by Crippen LogP contribution is 2.35. The Balaban J connectivity index is 1.81. The van der Waals surface area contributed by atoms with Crippen LogP contribution in [-0.2, 0) is 15.0 Å². The van der Waals surface area contributed by atoms with Gasteiger partial charge in [0.1, 0.15) is 5.76 Å². The van der Waals surface area contributed by atoms with E-state index in [1.54, 1.807) is 12.3 Å². The minimum absolute atomic E-state index is 0.100. The summed E-state index contributed by atoms with van der Waals surface area (Å²) in [5.74, 6) is 0.580. The Morgan fingerprint density at radius 3 is 2.90 bits per heavy atom. The summed E-state index contributed by atoms with van der Waals surface area (Å²) in [5, 5.41) is 2.69. The zero-order valence-corrected chi connectivity index (χ0v) is 12.5. The molecule has 2 fully saturated rings. The monoisotopic (exact) mass is 313 g/mol. The zero-order chi connectivity index (χ0) is 14.9. The number of carbonyl (C=O) groups is 1. The molecular formula is C13H19N3O4S. The Bertz CT molecular complexity index is 599. The van der Waals surface area contributed by atoms with Crippen LogP contribution >= 0.6 is 0 Å². The summed E-state index contributed by atoms with van der Waals surface area (Å²) in [7, 11) is -3.57. The van der Waals surface area contributed by atoms with Crippen molar-refractivity contribution in [2.45, 2.75) is 25.3 Å². The Hall–Kier alpha value is -1.38. The van der Waals surface area contributed by atoms with Crippen molar-refractivity contribution in [3.05, 3.63) is 24.2 Å². The fourth-order valence-electron chi connectivity index (χ4n) is 2.91.